The van der Waals surface area contributed by atoms with Gasteiger partial charge in [0.1, 0.15) is 5.82 Å². The molecule has 0 unspecified atom stereocenters. The number of nitrogens with zero attached hydrogens (tertiary/aromatic N) is 1. The van der Waals surface area contributed by atoms with Crippen molar-refractivity contribution in [3.63, 3.8) is 0 Å². The molecule has 0 aliphatic rings. The van der Waals surface area contributed by atoms with Gasteiger partial charge in [-0.1, -0.05) is 0 Å². The summed E-state index contributed by atoms with van der Waals surface area (Å²) in [4.78, 5) is 15.8. The van der Waals surface area contributed by atoms with Crippen LogP contribution in [0.4, 0.5) is 5.82 Å². The number of anilines is 1. The Morgan fingerprint density at radius 3 is 3.38 bits per heavy atom. The zero-order valence-corrected chi connectivity index (χ0v) is 4.01. The van der Waals surface area contributed by atoms with Gasteiger partial charge in [0.25, 0.3) is 0 Å². The lowest BCUT2D eigenvalue weighted by atomic mass is 10.6. The van der Waals surface area contributed by atoms with Crippen LogP contribution in [0.5, 0.6) is 0 Å². The molecule has 0 aliphatic carbocycles. The van der Waals surface area contributed by atoms with Crippen molar-refractivity contribution in [3.05, 3.63) is 22.7 Å². The van der Waals surface area contributed by atoms with Gasteiger partial charge in [-0.3, -0.25) is 0 Å². The minimum Gasteiger partial charge on any atom is -0.383 e. The van der Waals surface area contributed by atoms with Crippen molar-refractivity contribution in [2.45, 2.75) is 0 Å². The summed E-state index contributed by atoms with van der Waals surface area (Å²) in [6.07, 6.45) is 1.20. The van der Waals surface area contributed by atoms with Gasteiger partial charge < -0.3 is 10.7 Å². The zero-order chi connectivity index (χ0) is 6.85. The van der Waals surface area contributed by atoms with Crippen LogP contribution in [-0.2, 0) is 0 Å². The van der Waals surface area contributed by atoms with Gasteiger partial charge in [-0.15, -0.1) is 0 Å². The minimum absolute atomic E-state index is 0.0367. The lowest BCUT2D eigenvalue weighted by molar-refractivity contribution is 1.08. The monoisotopic (exact) mass is 115 g/mol. The minimum atomic E-state index is -0.525. The lowest BCUT2D eigenvalue weighted by Crippen LogP contribution is -2.10. The van der Waals surface area contributed by atoms with Gasteiger partial charge in [0.2, 0.25) is 0 Å². The molecule has 0 atom stereocenters. The molecule has 0 spiro atoms. The van der Waals surface area contributed by atoms with Crippen molar-refractivity contribution in [1.29, 1.82) is 0 Å². The molecule has 4 nitrogen and oxygen atoms in total. The molecule has 1 aromatic heterocycles. The molecule has 4 heteroatoms. The van der Waals surface area contributed by atoms with Crippen LogP contribution in [0.2, 0.25) is 0 Å². The van der Waals surface area contributed by atoms with Gasteiger partial charge in [0.15, 0.2) is 0 Å². The van der Waals surface area contributed by atoms with E-state index in [2.05, 4.69) is 9.97 Å². The van der Waals surface area contributed by atoms with E-state index in [1.165, 1.54) is 6.20 Å². The van der Waals surface area contributed by atoms with Gasteiger partial charge in [0, 0.05) is 6.20 Å². The van der Waals surface area contributed by atoms with Crippen LogP contribution < -0.4 is 11.4 Å². The van der Waals surface area contributed by atoms with Gasteiger partial charge >= 0.3 is 5.69 Å². The highest BCUT2D eigenvalue weighted by Crippen LogP contribution is 1.82. The van der Waals surface area contributed by atoms with E-state index in [4.69, 9.17) is 7.10 Å². The summed E-state index contributed by atoms with van der Waals surface area (Å²) >= 11 is 0. The third-order valence-corrected chi connectivity index (χ3v) is 0.638. The Bertz CT molecular complexity index is 269. The summed E-state index contributed by atoms with van der Waals surface area (Å²) in [5.41, 5.74) is 4.58. The standard InChI is InChI=1S/C4H5N3O/c5-3-1-2-6-4(8)7-3/h1-2H,(H3,5,6,7,8)/i1T,4+2. The van der Waals surface area contributed by atoms with Crippen molar-refractivity contribution < 1.29 is 1.37 Å². The third-order valence-electron chi connectivity index (χ3n) is 0.638. The molecule has 0 saturated heterocycles. The summed E-state index contributed by atoms with van der Waals surface area (Å²) in [6, 6.07) is 0.0367. The Morgan fingerprint density at radius 2 is 2.88 bits per heavy atom. The maximum absolute atomic E-state index is 10.3. The molecule has 8 heavy (non-hydrogen) atoms. The normalized spacial score (nSPS) is 10.8. The van der Waals surface area contributed by atoms with Crippen LogP contribution in [0, 0.1) is 0 Å². The molecule has 0 radical (unpaired) electrons. The first-order chi connectivity index (χ1) is 4.20. The topological polar surface area (TPSA) is 71.8 Å². The van der Waals surface area contributed by atoms with E-state index < -0.39 is 5.69 Å². The van der Waals surface area contributed by atoms with Crippen molar-refractivity contribution in [3.8, 4) is 0 Å². The predicted octanol–water partition coefficient (Wildman–Crippen LogP) is -0.648. The number of rotatable bonds is 0. The molecule has 0 amide bonds. The van der Waals surface area contributed by atoms with Crippen LogP contribution in [0.15, 0.2) is 17.0 Å². The molecule has 3 N–H and O–H groups in total. The van der Waals surface area contributed by atoms with Crippen LogP contribution in [-0.4, -0.2) is 9.97 Å². The van der Waals surface area contributed by atoms with Gasteiger partial charge in [-0.25, -0.2) is 4.79 Å². The number of hydrogen-bond donors (Lipinski definition) is 2. The Morgan fingerprint density at radius 1 is 2.12 bits per heavy atom. The predicted molar refractivity (Wildman–Crippen MR) is 29.3 cm³/mol. The summed E-state index contributed by atoms with van der Waals surface area (Å²) in [7, 11) is 0. The van der Waals surface area contributed by atoms with Crippen LogP contribution >= 0.6 is 0 Å². The van der Waals surface area contributed by atoms with E-state index in [1.807, 2.05) is 0 Å². The zero-order valence-electron chi connectivity index (χ0n) is 5.01. The number of nitrogens with two attached hydrogens (primary N) is 1. The summed E-state index contributed by atoms with van der Waals surface area (Å²) in [5.74, 6) is -0.0428. The lowest BCUT2D eigenvalue weighted by Gasteiger charge is -1.83. The Hall–Kier alpha value is -1.32. The Kier molecular flexibility index (Phi) is 0.754. The Labute approximate surface area is 46.8 Å². The van der Waals surface area contributed by atoms with Crippen molar-refractivity contribution in [2.24, 2.45) is 0 Å². The van der Waals surface area contributed by atoms with E-state index in [0.717, 1.165) is 0 Å². The summed E-state index contributed by atoms with van der Waals surface area (Å²) in [5, 5.41) is 0. The van der Waals surface area contributed by atoms with Crippen molar-refractivity contribution >= 4 is 5.82 Å². The van der Waals surface area contributed by atoms with E-state index in [1.54, 1.807) is 0 Å². The molecule has 0 saturated carbocycles. The number of aromatic amines is 1. The number of nitrogens with one attached hydrogen (secondary N) is 1. The van der Waals surface area contributed by atoms with Gasteiger partial charge in [-0.05, 0) is 6.04 Å². The summed E-state index contributed by atoms with van der Waals surface area (Å²) < 4.78 is 6.96. The fourth-order valence-corrected chi connectivity index (χ4v) is 0.346. The number of nitrogen functional groups attached to an aromatic ring is 1. The molecule has 0 aliphatic heterocycles. The highest BCUT2D eigenvalue weighted by molar-refractivity contribution is 5.22. The SMILES string of the molecule is [3H]c1c[nH][14c](=O)nc1N. The second kappa shape index (κ2) is 1.65. The number of aromatic nitrogens is 2. The molecule has 0 bridgehead atoms. The largest absolute Gasteiger partial charge is 0.383 e. The molecule has 42 valence electrons. The summed E-state index contributed by atoms with van der Waals surface area (Å²) in [6.45, 7) is 0. The smallest absolute Gasteiger partial charge is 0.346 e. The fraction of sp³-hybridized carbons (Fsp3) is 0. The third kappa shape index (κ3) is 0.841. The Balaban J connectivity index is 3.34. The first-order valence-electron chi connectivity index (χ1n) is 2.52. The van der Waals surface area contributed by atoms with Crippen LogP contribution in [0.3, 0.4) is 0 Å². The van der Waals surface area contributed by atoms with E-state index in [9.17, 15) is 4.79 Å². The van der Waals surface area contributed by atoms with Gasteiger partial charge in [0.05, 0.1) is 1.37 Å². The van der Waals surface area contributed by atoms with Crippen LogP contribution in [0.1, 0.15) is 1.37 Å². The first-order valence-corrected chi connectivity index (χ1v) is 2.02. The molecule has 1 rings (SSSR count). The van der Waals surface area contributed by atoms with E-state index in [0.29, 0.717) is 0 Å². The second-order valence-electron chi connectivity index (χ2n) is 1.24. The average molecular weight is 115 g/mol. The van der Waals surface area contributed by atoms with Crippen molar-refractivity contribution in [1.82, 2.24) is 9.97 Å². The van der Waals surface area contributed by atoms with Crippen LogP contribution in [0.25, 0.3) is 0 Å². The highest BCUT2D eigenvalue weighted by atomic mass is 16.3. The maximum atomic E-state index is 10.3. The maximum Gasteiger partial charge on any atom is 0.346 e. The molecular weight excluding hydrogens is 108 g/mol. The van der Waals surface area contributed by atoms with E-state index in [-0.39, 0.29) is 11.9 Å². The van der Waals surface area contributed by atoms with Gasteiger partial charge in [-0.2, -0.15) is 4.98 Å². The first kappa shape index (κ1) is 3.65. The number of hydrogen-bond acceptors (Lipinski definition) is 3. The molecule has 1 heterocycles. The fourth-order valence-electron chi connectivity index (χ4n) is 0.346. The molecule has 0 aromatic carbocycles. The number of H-pyrrole nitrogens is 1. The van der Waals surface area contributed by atoms with Crippen molar-refractivity contribution in [2.75, 3.05) is 5.73 Å². The molecule has 1 aromatic rings. The van der Waals surface area contributed by atoms with E-state index >= 15 is 0 Å². The second-order valence-corrected chi connectivity index (χ2v) is 1.24. The average Bonchev–Trinajstić information content (AvgIpc) is 1.80. The quantitative estimate of drug-likeness (QED) is 0.472. The highest BCUT2D eigenvalue weighted by Gasteiger charge is 1.81. The molecular formula is C4H5N3O. The molecule has 0 fully saturated rings.